The zero-order valence-electron chi connectivity index (χ0n) is 9.10. The van der Waals surface area contributed by atoms with E-state index in [1.807, 2.05) is 19.1 Å². The lowest BCUT2D eigenvalue weighted by molar-refractivity contribution is 0.411. The maximum atomic E-state index is 5.20. The predicted octanol–water partition coefficient (Wildman–Crippen LogP) is 1.86. The fourth-order valence-electron chi connectivity index (χ4n) is 1.43. The lowest BCUT2D eigenvalue weighted by atomic mass is 10.1. The van der Waals surface area contributed by atoms with Crippen LogP contribution in [0.4, 0.5) is 5.13 Å². The van der Waals surface area contributed by atoms with E-state index < -0.39 is 0 Å². The highest BCUT2D eigenvalue weighted by Crippen LogP contribution is 2.19. The number of aryl methyl sites for hydroxylation is 1. The third kappa shape index (κ3) is 2.46. The van der Waals surface area contributed by atoms with Crippen molar-refractivity contribution < 1.29 is 4.74 Å². The second-order valence-electron chi connectivity index (χ2n) is 3.33. The van der Waals surface area contributed by atoms with Crippen LogP contribution < -0.4 is 10.1 Å². The largest absolute Gasteiger partial charge is 0.496 e. The van der Waals surface area contributed by atoms with Crippen LogP contribution in [0.2, 0.25) is 0 Å². The van der Waals surface area contributed by atoms with Crippen molar-refractivity contribution in [2.75, 3.05) is 12.4 Å². The molecule has 0 aliphatic rings. The highest BCUT2D eigenvalue weighted by molar-refractivity contribution is 7.09. The fourth-order valence-corrected chi connectivity index (χ4v) is 1.79. The molecule has 0 saturated heterocycles. The van der Waals surface area contributed by atoms with E-state index in [2.05, 4.69) is 26.2 Å². The van der Waals surface area contributed by atoms with E-state index in [1.165, 1.54) is 17.1 Å². The molecule has 0 saturated carbocycles. The first-order valence-corrected chi connectivity index (χ1v) is 5.59. The number of rotatable bonds is 4. The molecule has 6 heteroatoms. The lowest BCUT2D eigenvalue weighted by Gasteiger charge is -2.07. The lowest BCUT2D eigenvalue weighted by Crippen LogP contribution is -1.99. The summed E-state index contributed by atoms with van der Waals surface area (Å²) in [6.45, 7) is 2.73. The van der Waals surface area contributed by atoms with Crippen LogP contribution in [0.25, 0.3) is 0 Å². The number of aromatic nitrogens is 3. The molecule has 1 aromatic carbocycles. The quantitative estimate of drug-likeness (QED) is 0.878. The van der Waals surface area contributed by atoms with Crippen molar-refractivity contribution >= 4 is 16.7 Å². The molecule has 5 nitrogen and oxygen atoms in total. The first-order valence-electron chi connectivity index (χ1n) is 4.82. The summed E-state index contributed by atoms with van der Waals surface area (Å²) < 4.78 is 8.88. The average Bonchev–Trinajstić information content (AvgIpc) is 2.79. The van der Waals surface area contributed by atoms with Gasteiger partial charge in [-0.05, 0) is 29.3 Å². The van der Waals surface area contributed by atoms with Gasteiger partial charge in [-0.1, -0.05) is 21.7 Å². The summed E-state index contributed by atoms with van der Waals surface area (Å²) in [6.07, 6.45) is 0. The number of benzene rings is 1. The first kappa shape index (κ1) is 10.8. The van der Waals surface area contributed by atoms with Gasteiger partial charge in [0.15, 0.2) is 0 Å². The first-order chi connectivity index (χ1) is 7.79. The minimum absolute atomic E-state index is 0.710. The number of hydrogen-bond donors (Lipinski definition) is 1. The Morgan fingerprint density at radius 1 is 1.44 bits per heavy atom. The van der Waals surface area contributed by atoms with E-state index in [1.54, 1.807) is 7.11 Å². The Kier molecular flexibility index (Phi) is 3.31. The van der Waals surface area contributed by atoms with Gasteiger partial charge in [-0.3, -0.25) is 0 Å². The summed E-state index contributed by atoms with van der Waals surface area (Å²) in [4.78, 5) is 0. The molecule has 0 atom stereocenters. The summed E-state index contributed by atoms with van der Waals surface area (Å²) in [5.41, 5.74) is 2.30. The Morgan fingerprint density at radius 2 is 2.31 bits per heavy atom. The van der Waals surface area contributed by atoms with Crippen molar-refractivity contribution in [3.05, 3.63) is 29.3 Å². The number of nitrogens with zero attached hydrogens (tertiary/aromatic N) is 3. The monoisotopic (exact) mass is 236 g/mol. The van der Waals surface area contributed by atoms with Gasteiger partial charge in [0, 0.05) is 18.1 Å². The summed E-state index contributed by atoms with van der Waals surface area (Å²) >= 11 is 1.25. The SMILES string of the molecule is COc1ccc(CNc2nnns2)cc1C. The minimum atomic E-state index is 0.710. The van der Waals surface area contributed by atoms with E-state index in [0.717, 1.165) is 16.4 Å². The van der Waals surface area contributed by atoms with Crippen LogP contribution in [0.15, 0.2) is 18.2 Å². The van der Waals surface area contributed by atoms with Crippen LogP contribution in [-0.2, 0) is 6.54 Å². The maximum absolute atomic E-state index is 5.20. The molecular formula is C10H12N4OS. The van der Waals surface area contributed by atoms with Crippen LogP contribution in [0.5, 0.6) is 5.75 Å². The molecule has 1 aromatic heterocycles. The van der Waals surface area contributed by atoms with Crippen LogP contribution in [0.3, 0.4) is 0 Å². The third-order valence-corrected chi connectivity index (χ3v) is 2.76. The van der Waals surface area contributed by atoms with Gasteiger partial charge >= 0.3 is 0 Å². The van der Waals surface area contributed by atoms with Gasteiger partial charge in [0.25, 0.3) is 0 Å². The summed E-state index contributed by atoms with van der Waals surface area (Å²) in [6, 6.07) is 6.07. The van der Waals surface area contributed by atoms with Crippen LogP contribution in [-0.4, -0.2) is 21.9 Å². The van der Waals surface area contributed by atoms with E-state index >= 15 is 0 Å². The molecule has 0 unspecified atom stereocenters. The normalized spacial score (nSPS) is 10.1. The molecule has 2 aromatic rings. The fraction of sp³-hybridized carbons (Fsp3) is 0.300. The number of ether oxygens (including phenoxy) is 1. The van der Waals surface area contributed by atoms with Crippen molar-refractivity contribution in [2.45, 2.75) is 13.5 Å². The maximum Gasteiger partial charge on any atom is 0.225 e. The molecule has 0 aliphatic carbocycles. The zero-order valence-corrected chi connectivity index (χ0v) is 9.91. The smallest absolute Gasteiger partial charge is 0.225 e. The highest BCUT2D eigenvalue weighted by Gasteiger charge is 2.01. The molecule has 2 rings (SSSR count). The van der Waals surface area contributed by atoms with Gasteiger partial charge in [0.2, 0.25) is 5.13 Å². The molecular weight excluding hydrogens is 224 g/mol. The molecule has 0 amide bonds. The van der Waals surface area contributed by atoms with Crippen molar-refractivity contribution in [1.29, 1.82) is 0 Å². The third-order valence-electron chi connectivity index (χ3n) is 2.20. The van der Waals surface area contributed by atoms with Gasteiger partial charge in [-0.15, -0.1) is 0 Å². The second kappa shape index (κ2) is 4.89. The van der Waals surface area contributed by atoms with E-state index in [-0.39, 0.29) is 0 Å². The number of nitrogens with one attached hydrogen (secondary N) is 1. The summed E-state index contributed by atoms with van der Waals surface area (Å²) in [7, 11) is 1.67. The molecule has 1 N–H and O–H groups in total. The Labute approximate surface area is 97.6 Å². The standard InChI is InChI=1S/C10H12N4OS/c1-7-5-8(3-4-9(7)15-2)6-11-10-12-13-14-16-10/h3-5H,6H2,1-2H3,(H,11,12,14). The molecule has 0 aliphatic heterocycles. The Bertz CT molecular complexity index is 458. The number of anilines is 1. The van der Waals surface area contributed by atoms with Gasteiger partial charge in [-0.2, -0.15) is 0 Å². The molecule has 0 spiro atoms. The molecule has 0 fully saturated rings. The highest BCUT2D eigenvalue weighted by atomic mass is 32.1. The van der Waals surface area contributed by atoms with Crippen LogP contribution in [0.1, 0.15) is 11.1 Å². The zero-order chi connectivity index (χ0) is 11.4. The predicted molar refractivity (Wildman–Crippen MR) is 62.8 cm³/mol. The van der Waals surface area contributed by atoms with Crippen molar-refractivity contribution in [2.24, 2.45) is 0 Å². The Balaban J connectivity index is 2.02. The number of methoxy groups -OCH3 is 1. The van der Waals surface area contributed by atoms with Gasteiger partial charge < -0.3 is 10.1 Å². The Hall–Kier alpha value is -1.69. The van der Waals surface area contributed by atoms with Gasteiger partial charge in [0.05, 0.1) is 7.11 Å². The summed E-state index contributed by atoms with van der Waals surface area (Å²) in [5.74, 6) is 0.904. The Morgan fingerprint density at radius 3 is 2.94 bits per heavy atom. The van der Waals surface area contributed by atoms with Crippen molar-refractivity contribution in [3.63, 3.8) is 0 Å². The molecule has 0 bridgehead atoms. The van der Waals surface area contributed by atoms with Crippen LogP contribution >= 0.6 is 11.5 Å². The molecule has 84 valence electrons. The van der Waals surface area contributed by atoms with E-state index in [0.29, 0.717) is 6.54 Å². The number of hydrogen-bond acceptors (Lipinski definition) is 6. The minimum Gasteiger partial charge on any atom is -0.496 e. The van der Waals surface area contributed by atoms with Crippen molar-refractivity contribution in [3.8, 4) is 5.75 Å². The van der Waals surface area contributed by atoms with Gasteiger partial charge in [-0.25, -0.2) is 0 Å². The topological polar surface area (TPSA) is 59.9 Å². The molecule has 1 heterocycles. The molecule has 0 radical (unpaired) electrons. The van der Waals surface area contributed by atoms with Crippen molar-refractivity contribution in [1.82, 2.24) is 14.8 Å². The van der Waals surface area contributed by atoms with E-state index in [4.69, 9.17) is 4.74 Å². The summed E-state index contributed by atoms with van der Waals surface area (Å²) in [5, 5.41) is 11.2. The van der Waals surface area contributed by atoms with Crippen LogP contribution in [0, 0.1) is 6.92 Å². The second-order valence-corrected chi connectivity index (χ2v) is 4.06. The van der Waals surface area contributed by atoms with Gasteiger partial charge in [0.1, 0.15) is 5.75 Å². The van der Waals surface area contributed by atoms with E-state index in [9.17, 15) is 0 Å². The average molecular weight is 236 g/mol. The molecule has 16 heavy (non-hydrogen) atoms.